The first kappa shape index (κ1) is 11.3. The van der Waals surface area contributed by atoms with Gasteiger partial charge in [0.25, 0.3) is 0 Å². The molecule has 0 radical (unpaired) electrons. The van der Waals surface area contributed by atoms with Crippen molar-refractivity contribution in [2.45, 2.75) is 0 Å². The standard InChI is InChI=1S/C13H12O4/c1-16-10-3-4-11-8(6-10)5-9(13(14)15)7-12(11)17-2/h3-7H,1-2H3,(H,14,15). The number of hydrogen-bond donors (Lipinski definition) is 1. The van der Waals surface area contributed by atoms with Crippen LogP contribution in [0.1, 0.15) is 10.4 Å². The fraction of sp³-hybridized carbons (Fsp3) is 0.154. The monoisotopic (exact) mass is 232 g/mol. The second-order valence-electron chi connectivity index (χ2n) is 3.57. The highest BCUT2D eigenvalue weighted by atomic mass is 16.5. The number of carbonyl (C=O) groups is 1. The number of carboxylic acids is 1. The fourth-order valence-electron chi connectivity index (χ4n) is 1.73. The molecule has 0 heterocycles. The number of benzene rings is 2. The van der Waals surface area contributed by atoms with Crippen LogP contribution in [-0.2, 0) is 0 Å². The van der Waals surface area contributed by atoms with Gasteiger partial charge in [0.1, 0.15) is 11.5 Å². The maximum absolute atomic E-state index is 11.0. The Hall–Kier alpha value is -2.23. The zero-order valence-corrected chi connectivity index (χ0v) is 9.56. The highest BCUT2D eigenvalue weighted by Crippen LogP contribution is 2.30. The van der Waals surface area contributed by atoms with Crippen LogP contribution in [0, 0.1) is 0 Å². The molecule has 2 aromatic carbocycles. The highest BCUT2D eigenvalue weighted by molar-refractivity contribution is 5.98. The van der Waals surface area contributed by atoms with Gasteiger partial charge in [0.05, 0.1) is 19.8 Å². The van der Waals surface area contributed by atoms with Gasteiger partial charge >= 0.3 is 5.97 Å². The SMILES string of the molecule is COc1ccc2c(OC)cc(C(=O)O)cc2c1. The Morgan fingerprint density at radius 1 is 1.12 bits per heavy atom. The number of methoxy groups -OCH3 is 2. The maximum atomic E-state index is 11.0. The summed E-state index contributed by atoms with van der Waals surface area (Å²) in [4.78, 5) is 11.0. The van der Waals surface area contributed by atoms with Crippen molar-refractivity contribution in [1.29, 1.82) is 0 Å². The van der Waals surface area contributed by atoms with Crippen molar-refractivity contribution in [3.8, 4) is 11.5 Å². The molecule has 88 valence electrons. The lowest BCUT2D eigenvalue weighted by molar-refractivity contribution is 0.0696. The van der Waals surface area contributed by atoms with E-state index >= 15 is 0 Å². The van der Waals surface area contributed by atoms with Crippen molar-refractivity contribution in [1.82, 2.24) is 0 Å². The summed E-state index contributed by atoms with van der Waals surface area (Å²) in [5.74, 6) is 0.248. The van der Waals surface area contributed by atoms with Gasteiger partial charge < -0.3 is 14.6 Å². The Balaban J connectivity index is 2.73. The van der Waals surface area contributed by atoms with Crippen LogP contribution in [-0.4, -0.2) is 25.3 Å². The zero-order chi connectivity index (χ0) is 12.4. The molecule has 2 aromatic rings. The molecule has 0 spiro atoms. The number of carboxylic acid groups (broad SMARTS) is 1. The van der Waals surface area contributed by atoms with Gasteiger partial charge in [-0.1, -0.05) is 0 Å². The largest absolute Gasteiger partial charge is 0.497 e. The predicted octanol–water partition coefficient (Wildman–Crippen LogP) is 2.56. The molecule has 0 bridgehead atoms. The molecule has 0 aliphatic heterocycles. The van der Waals surface area contributed by atoms with Crippen LogP contribution in [0.4, 0.5) is 0 Å². The van der Waals surface area contributed by atoms with Crippen LogP contribution in [0.2, 0.25) is 0 Å². The second-order valence-corrected chi connectivity index (χ2v) is 3.57. The molecule has 2 rings (SSSR count). The molecule has 1 N–H and O–H groups in total. The lowest BCUT2D eigenvalue weighted by Gasteiger charge is -2.08. The normalized spacial score (nSPS) is 10.2. The Labute approximate surface area is 98.4 Å². The number of hydrogen-bond acceptors (Lipinski definition) is 3. The third-order valence-corrected chi connectivity index (χ3v) is 2.59. The van der Waals surface area contributed by atoms with Crippen LogP contribution in [0.5, 0.6) is 11.5 Å². The summed E-state index contributed by atoms with van der Waals surface area (Å²) in [5, 5.41) is 10.6. The molecule has 4 heteroatoms. The Bertz CT molecular complexity index is 575. The van der Waals surface area contributed by atoms with Crippen LogP contribution < -0.4 is 9.47 Å². The van der Waals surface area contributed by atoms with Gasteiger partial charge in [-0.3, -0.25) is 0 Å². The Morgan fingerprint density at radius 2 is 1.88 bits per heavy atom. The minimum absolute atomic E-state index is 0.197. The molecule has 0 unspecified atom stereocenters. The van der Waals surface area contributed by atoms with Gasteiger partial charge in [-0.25, -0.2) is 4.79 Å². The molecule has 0 fully saturated rings. The van der Waals surface area contributed by atoms with Crippen molar-refractivity contribution in [2.75, 3.05) is 14.2 Å². The van der Waals surface area contributed by atoms with Gasteiger partial charge in [0.15, 0.2) is 0 Å². The molecule has 0 aliphatic carbocycles. The van der Waals surface area contributed by atoms with Gasteiger partial charge in [0, 0.05) is 5.39 Å². The number of aromatic carboxylic acids is 1. The van der Waals surface area contributed by atoms with Crippen molar-refractivity contribution >= 4 is 16.7 Å². The number of ether oxygens (including phenoxy) is 2. The summed E-state index contributed by atoms with van der Waals surface area (Å²) in [5.41, 5.74) is 0.197. The first-order valence-electron chi connectivity index (χ1n) is 5.05. The van der Waals surface area contributed by atoms with Crippen molar-refractivity contribution in [2.24, 2.45) is 0 Å². The highest BCUT2D eigenvalue weighted by Gasteiger charge is 2.10. The van der Waals surface area contributed by atoms with Crippen molar-refractivity contribution < 1.29 is 19.4 Å². The molecule has 0 amide bonds. The fourth-order valence-corrected chi connectivity index (χ4v) is 1.73. The minimum atomic E-state index is -0.979. The summed E-state index contributed by atoms with van der Waals surface area (Å²) in [6.07, 6.45) is 0. The summed E-state index contributed by atoms with van der Waals surface area (Å²) in [6, 6.07) is 8.55. The molecule has 0 atom stereocenters. The second kappa shape index (κ2) is 4.33. The van der Waals surface area contributed by atoms with E-state index in [1.165, 1.54) is 13.2 Å². The topological polar surface area (TPSA) is 55.8 Å². The van der Waals surface area contributed by atoms with E-state index in [1.54, 1.807) is 19.2 Å². The Morgan fingerprint density at radius 3 is 2.47 bits per heavy atom. The quantitative estimate of drug-likeness (QED) is 0.883. The first-order chi connectivity index (χ1) is 8.15. The summed E-state index contributed by atoms with van der Waals surface area (Å²) in [7, 11) is 3.09. The third-order valence-electron chi connectivity index (χ3n) is 2.59. The van der Waals surface area contributed by atoms with Gasteiger partial charge in [-0.05, 0) is 35.7 Å². The summed E-state index contributed by atoms with van der Waals surface area (Å²) >= 11 is 0. The van der Waals surface area contributed by atoms with Crippen molar-refractivity contribution in [3.63, 3.8) is 0 Å². The van der Waals surface area contributed by atoms with E-state index in [0.717, 1.165) is 10.8 Å². The average Bonchev–Trinajstić information content (AvgIpc) is 2.36. The molecule has 4 nitrogen and oxygen atoms in total. The molecule has 17 heavy (non-hydrogen) atoms. The van der Waals surface area contributed by atoms with Crippen LogP contribution in [0.3, 0.4) is 0 Å². The van der Waals surface area contributed by atoms with Gasteiger partial charge in [-0.15, -0.1) is 0 Å². The average molecular weight is 232 g/mol. The van der Waals surface area contributed by atoms with Gasteiger partial charge in [-0.2, -0.15) is 0 Å². The van der Waals surface area contributed by atoms with Crippen LogP contribution >= 0.6 is 0 Å². The zero-order valence-electron chi connectivity index (χ0n) is 9.56. The predicted molar refractivity (Wildman–Crippen MR) is 64.0 cm³/mol. The molecular formula is C13H12O4. The smallest absolute Gasteiger partial charge is 0.335 e. The van der Waals surface area contributed by atoms with E-state index < -0.39 is 5.97 Å². The van der Waals surface area contributed by atoms with Crippen LogP contribution in [0.25, 0.3) is 10.8 Å². The van der Waals surface area contributed by atoms with Crippen LogP contribution in [0.15, 0.2) is 30.3 Å². The third kappa shape index (κ3) is 2.01. The van der Waals surface area contributed by atoms with E-state index in [-0.39, 0.29) is 5.56 Å². The molecule has 0 saturated carbocycles. The maximum Gasteiger partial charge on any atom is 0.335 e. The van der Waals surface area contributed by atoms with E-state index in [1.807, 2.05) is 12.1 Å². The van der Waals surface area contributed by atoms with Crippen molar-refractivity contribution in [3.05, 3.63) is 35.9 Å². The lowest BCUT2D eigenvalue weighted by atomic mass is 10.1. The van der Waals surface area contributed by atoms with E-state index in [0.29, 0.717) is 11.5 Å². The van der Waals surface area contributed by atoms with E-state index in [9.17, 15) is 4.79 Å². The minimum Gasteiger partial charge on any atom is -0.497 e. The molecule has 0 aromatic heterocycles. The molecule has 0 aliphatic rings. The molecular weight excluding hydrogens is 220 g/mol. The summed E-state index contributed by atoms with van der Waals surface area (Å²) < 4.78 is 10.3. The summed E-state index contributed by atoms with van der Waals surface area (Å²) in [6.45, 7) is 0. The molecule has 0 saturated heterocycles. The first-order valence-corrected chi connectivity index (χ1v) is 5.05. The lowest BCUT2D eigenvalue weighted by Crippen LogP contribution is -1.97. The number of fused-ring (bicyclic) bond motifs is 1. The van der Waals surface area contributed by atoms with E-state index in [4.69, 9.17) is 14.6 Å². The Kier molecular flexibility index (Phi) is 2.87. The number of rotatable bonds is 3. The van der Waals surface area contributed by atoms with E-state index in [2.05, 4.69) is 0 Å². The van der Waals surface area contributed by atoms with Gasteiger partial charge in [0.2, 0.25) is 0 Å².